The Balaban J connectivity index is 1.65. The smallest absolute Gasteiger partial charge is 0.375 e. The summed E-state index contributed by atoms with van der Waals surface area (Å²) < 4.78 is 51.0. The number of ether oxygens (including phenoxy) is 4. The Bertz CT molecular complexity index is 1240. The third-order valence-corrected chi connectivity index (χ3v) is 6.34. The van der Waals surface area contributed by atoms with Crippen LogP contribution >= 0.6 is 0 Å². The number of esters is 1. The lowest BCUT2D eigenvalue weighted by Gasteiger charge is -2.14. The standard InChI is InChI=1S/C23H23NO9S/c1-29-18-11-16(12-19(30-2)22(18)31-3)24-20(25)13-33-23(26)21-15(9-10-32-21)14-34(27,28)17-7-5-4-6-8-17/h4-12H,13-14H2,1-3H3,(H,24,25). The van der Waals surface area contributed by atoms with Crippen molar-refractivity contribution in [2.24, 2.45) is 0 Å². The number of rotatable bonds is 10. The molecule has 0 aliphatic heterocycles. The van der Waals surface area contributed by atoms with E-state index in [1.54, 1.807) is 18.2 Å². The molecular weight excluding hydrogens is 466 g/mol. The van der Waals surface area contributed by atoms with Crippen molar-refractivity contribution < 1.29 is 41.4 Å². The van der Waals surface area contributed by atoms with E-state index in [2.05, 4.69) is 5.32 Å². The molecule has 0 atom stereocenters. The lowest BCUT2D eigenvalue weighted by Crippen LogP contribution is -2.21. The molecule has 34 heavy (non-hydrogen) atoms. The van der Waals surface area contributed by atoms with Crippen molar-refractivity contribution in [1.29, 1.82) is 0 Å². The molecule has 10 nitrogen and oxygen atoms in total. The third kappa shape index (κ3) is 5.67. The average molecular weight is 490 g/mol. The molecule has 0 aliphatic rings. The highest BCUT2D eigenvalue weighted by Gasteiger charge is 2.24. The Morgan fingerprint density at radius 1 is 0.941 bits per heavy atom. The summed E-state index contributed by atoms with van der Waals surface area (Å²) in [7, 11) is 0.607. The van der Waals surface area contributed by atoms with Crippen molar-refractivity contribution in [3.8, 4) is 17.2 Å². The van der Waals surface area contributed by atoms with E-state index in [1.165, 1.54) is 57.9 Å². The van der Waals surface area contributed by atoms with Crippen LogP contribution in [0.4, 0.5) is 5.69 Å². The van der Waals surface area contributed by atoms with Gasteiger partial charge in [0.25, 0.3) is 5.91 Å². The number of carbonyl (C=O) groups is 2. The van der Waals surface area contributed by atoms with Gasteiger partial charge in [-0.1, -0.05) is 18.2 Å². The van der Waals surface area contributed by atoms with Crippen molar-refractivity contribution in [2.45, 2.75) is 10.6 Å². The predicted octanol–water partition coefficient (Wildman–Crippen LogP) is 3.07. The molecule has 1 amide bonds. The lowest BCUT2D eigenvalue weighted by atomic mass is 10.2. The molecule has 0 saturated carbocycles. The molecule has 3 rings (SSSR count). The van der Waals surface area contributed by atoms with E-state index in [0.29, 0.717) is 22.9 Å². The van der Waals surface area contributed by atoms with Crippen LogP contribution in [-0.4, -0.2) is 48.2 Å². The zero-order valence-corrected chi connectivity index (χ0v) is 19.5. The second kappa shape index (κ2) is 10.8. The number of hydrogen-bond acceptors (Lipinski definition) is 9. The average Bonchev–Trinajstić information content (AvgIpc) is 3.29. The maximum atomic E-state index is 12.6. The Morgan fingerprint density at radius 3 is 2.18 bits per heavy atom. The first-order valence-electron chi connectivity index (χ1n) is 9.90. The van der Waals surface area contributed by atoms with Gasteiger partial charge >= 0.3 is 5.97 Å². The molecule has 1 N–H and O–H groups in total. The van der Waals surface area contributed by atoms with Crippen LogP contribution in [-0.2, 0) is 25.1 Å². The van der Waals surface area contributed by atoms with E-state index in [0.717, 1.165) is 0 Å². The van der Waals surface area contributed by atoms with Gasteiger partial charge in [-0.2, -0.15) is 0 Å². The number of nitrogens with one attached hydrogen (secondary N) is 1. The second-order valence-corrected chi connectivity index (χ2v) is 8.88. The van der Waals surface area contributed by atoms with E-state index >= 15 is 0 Å². The summed E-state index contributed by atoms with van der Waals surface area (Å²) in [5, 5.41) is 2.56. The van der Waals surface area contributed by atoms with Gasteiger partial charge in [-0.05, 0) is 18.2 Å². The van der Waals surface area contributed by atoms with E-state index in [9.17, 15) is 18.0 Å². The van der Waals surface area contributed by atoms with Gasteiger partial charge < -0.3 is 28.7 Å². The minimum Gasteiger partial charge on any atom is -0.493 e. The summed E-state index contributed by atoms with van der Waals surface area (Å²) >= 11 is 0. The van der Waals surface area contributed by atoms with E-state index in [4.69, 9.17) is 23.4 Å². The first-order chi connectivity index (χ1) is 16.3. The van der Waals surface area contributed by atoms with Crippen LogP contribution < -0.4 is 19.5 Å². The maximum Gasteiger partial charge on any atom is 0.375 e. The monoisotopic (exact) mass is 489 g/mol. The molecule has 180 valence electrons. The molecule has 0 spiro atoms. The zero-order valence-electron chi connectivity index (χ0n) is 18.7. The normalized spacial score (nSPS) is 10.9. The van der Waals surface area contributed by atoms with Crippen LogP contribution in [0, 0.1) is 0 Å². The number of benzene rings is 2. The Hall–Kier alpha value is -3.99. The van der Waals surface area contributed by atoms with Crippen molar-refractivity contribution in [3.63, 3.8) is 0 Å². The molecule has 3 aromatic rings. The molecule has 11 heteroatoms. The molecular formula is C23H23NO9S. The minimum absolute atomic E-state index is 0.111. The SMILES string of the molecule is COc1cc(NC(=O)COC(=O)c2occc2CS(=O)(=O)c2ccccc2)cc(OC)c1OC. The number of methoxy groups -OCH3 is 3. The van der Waals surface area contributed by atoms with Crippen LogP contribution in [0.2, 0.25) is 0 Å². The maximum absolute atomic E-state index is 12.6. The molecule has 0 aliphatic carbocycles. The lowest BCUT2D eigenvalue weighted by molar-refractivity contribution is -0.119. The highest BCUT2D eigenvalue weighted by molar-refractivity contribution is 7.90. The Labute approximate surface area is 196 Å². The Morgan fingerprint density at radius 2 is 1.59 bits per heavy atom. The number of amides is 1. The first kappa shape index (κ1) is 24.6. The van der Waals surface area contributed by atoms with Crippen LogP contribution in [0.15, 0.2) is 64.1 Å². The molecule has 1 aromatic heterocycles. The molecule has 0 saturated heterocycles. The van der Waals surface area contributed by atoms with Gasteiger partial charge in [-0.25, -0.2) is 13.2 Å². The molecule has 2 aromatic carbocycles. The van der Waals surface area contributed by atoms with E-state index < -0.39 is 34.1 Å². The predicted molar refractivity (Wildman–Crippen MR) is 121 cm³/mol. The van der Waals surface area contributed by atoms with Crippen LogP contribution in [0.1, 0.15) is 16.1 Å². The molecule has 1 heterocycles. The molecule has 0 fully saturated rings. The zero-order chi connectivity index (χ0) is 24.7. The second-order valence-electron chi connectivity index (χ2n) is 6.89. The van der Waals surface area contributed by atoms with Crippen molar-refractivity contribution >= 4 is 27.4 Å². The number of sulfone groups is 1. The van der Waals surface area contributed by atoms with Crippen molar-refractivity contribution in [1.82, 2.24) is 0 Å². The highest BCUT2D eigenvalue weighted by atomic mass is 32.2. The summed E-state index contributed by atoms with van der Waals surface area (Å²) in [4.78, 5) is 24.9. The van der Waals surface area contributed by atoms with Crippen LogP contribution in [0.25, 0.3) is 0 Å². The highest BCUT2D eigenvalue weighted by Crippen LogP contribution is 2.39. The minimum atomic E-state index is -3.71. The summed E-state index contributed by atoms with van der Waals surface area (Å²) in [5.74, 6) is -1.36. The van der Waals surface area contributed by atoms with Crippen LogP contribution in [0.5, 0.6) is 17.2 Å². The molecule has 0 unspecified atom stereocenters. The molecule has 0 radical (unpaired) electrons. The summed E-state index contributed by atoms with van der Waals surface area (Å²) in [6.45, 7) is -0.638. The van der Waals surface area contributed by atoms with Gasteiger partial charge in [0, 0.05) is 23.4 Å². The first-order valence-corrected chi connectivity index (χ1v) is 11.6. The Kier molecular flexibility index (Phi) is 7.79. The fraction of sp³-hybridized carbons (Fsp3) is 0.217. The van der Waals surface area contributed by atoms with E-state index in [1.807, 2.05) is 0 Å². The summed E-state index contributed by atoms with van der Waals surface area (Å²) in [6, 6.07) is 12.2. The largest absolute Gasteiger partial charge is 0.493 e. The van der Waals surface area contributed by atoms with Gasteiger partial charge in [0.2, 0.25) is 11.5 Å². The third-order valence-electron chi connectivity index (χ3n) is 4.66. The van der Waals surface area contributed by atoms with Gasteiger partial charge in [0.05, 0.1) is 38.2 Å². The van der Waals surface area contributed by atoms with Crippen molar-refractivity contribution in [3.05, 3.63) is 66.1 Å². The quantitative estimate of drug-likeness (QED) is 0.427. The van der Waals surface area contributed by atoms with Gasteiger partial charge in [-0.15, -0.1) is 0 Å². The number of furan rings is 1. The number of carbonyl (C=O) groups excluding carboxylic acids is 2. The fourth-order valence-corrected chi connectivity index (χ4v) is 4.47. The van der Waals surface area contributed by atoms with E-state index in [-0.39, 0.29) is 16.2 Å². The molecule has 0 bridgehead atoms. The van der Waals surface area contributed by atoms with Crippen molar-refractivity contribution in [2.75, 3.05) is 33.3 Å². The van der Waals surface area contributed by atoms with Gasteiger partial charge in [0.15, 0.2) is 27.9 Å². The van der Waals surface area contributed by atoms with Gasteiger partial charge in [-0.3, -0.25) is 4.79 Å². The van der Waals surface area contributed by atoms with Gasteiger partial charge in [0.1, 0.15) is 0 Å². The number of hydrogen-bond donors (Lipinski definition) is 1. The topological polar surface area (TPSA) is 130 Å². The fourth-order valence-electron chi connectivity index (χ4n) is 3.09. The number of anilines is 1. The van der Waals surface area contributed by atoms with Crippen LogP contribution in [0.3, 0.4) is 0 Å². The summed E-state index contributed by atoms with van der Waals surface area (Å²) in [5.41, 5.74) is 0.446. The summed E-state index contributed by atoms with van der Waals surface area (Å²) in [6.07, 6.45) is 1.18.